The van der Waals surface area contributed by atoms with Crippen molar-refractivity contribution in [3.63, 3.8) is 0 Å². The van der Waals surface area contributed by atoms with Crippen LogP contribution in [0.15, 0.2) is 30.3 Å². The second kappa shape index (κ2) is 5.09. The summed E-state index contributed by atoms with van der Waals surface area (Å²) in [5, 5.41) is 4.10. The van der Waals surface area contributed by atoms with Crippen molar-refractivity contribution < 1.29 is 0 Å². The van der Waals surface area contributed by atoms with Crippen molar-refractivity contribution in [2.24, 2.45) is 0 Å². The van der Waals surface area contributed by atoms with Gasteiger partial charge in [0, 0.05) is 22.1 Å². The first kappa shape index (κ1) is 11.8. The summed E-state index contributed by atoms with van der Waals surface area (Å²) in [5.74, 6) is 0. The highest BCUT2D eigenvalue weighted by Gasteiger charge is 2.00. The van der Waals surface area contributed by atoms with Crippen LogP contribution >= 0.6 is 34.5 Å². The maximum atomic E-state index is 6.04. The van der Waals surface area contributed by atoms with Gasteiger partial charge in [0.1, 0.15) is 0 Å². The van der Waals surface area contributed by atoms with Crippen LogP contribution in [-0.2, 0) is 6.54 Å². The molecule has 1 heterocycles. The number of aryl methyl sites for hydroxylation is 1. The number of nitrogens with one attached hydrogen (secondary N) is 1. The first-order chi connectivity index (χ1) is 7.65. The molecule has 0 aliphatic rings. The molecule has 0 saturated heterocycles. The minimum absolute atomic E-state index is 0.775. The fourth-order valence-corrected chi connectivity index (χ4v) is 2.55. The molecule has 0 atom stereocenters. The molecule has 4 heteroatoms. The molecule has 2 aromatic rings. The van der Waals surface area contributed by atoms with Crippen molar-refractivity contribution in [3.8, 4) is 0 Å². The van der Waals surface area contributed by atoms with Crippen LogP contribution in [0.3, 0.4) is 0 Å². The normalized spacial score (nSPS) is 10.4. The van der Waals surface area contributed by atoms with Crippen LogP contribution < -0.4 is 5.32 Å². The predicted molar refractivity (Wildman–Crippen MR) is 72.8 cm³/mol. The van der Waals surface area contributed by atoms with Gasteiger partial charge in [-0.15, -0.1) is 11.3 Å². The largest absolute Gasteiger partial charge is 0.380 e. The van der Waals surface area contributed by atoms with Crippen LogP contribution in [-0.4, -0.2) is 0 Å². The van der Waals surface area contributed by atoms with E-state index >= 15 is 0 Å². The summed E-state index contributed by atoms with van der Waals surface area (Å²) in [5.41, 5.74) is 2.12. The summed E-state index contributed by atoms with van der Waals surface area (Å²) in [6, 6.07) is 9.90. The lowest BCUT2D eigenvalue weighted by Gasteiger charge is -2.06. The Kier molecular flexibility index (Phi) is 3.74. The molecule has 1 aromatic heterocycles. The van der Waals surface area contributed by atoms with Gasteiger partial charge in [-0.3, -0.25) is 0 Å². The molecular weight excluding hydrogens is 261 g/mol. The van der Waals surface area contributed by atoms with E-state index < -0.39 is 0 Å². The van der Waals surface area contributed by atoms with Crippen LogP contribution in [0.2, 0.25) is 9.36 Å². The molecule has 1 aromatic carbocycles. The average molecular weight is 272 g/mol. The minimum atomic E-state index is 0.775. The minimum Gasteiger partial charge on any atom is -0.380 e. The van der Waals surface area contributed by atoms with Crippen LogP contribution in [0.5, 0.6) is 0 Å². The molecule has 2 rings (SSSR count). The second-order valence-electron chi connectivity index (χ2n) is 3.52. The van der Waals surface area contributed by atoms with Gasteiger partial charge in [-0.2, -0.15) is 0 Å². The molecule has 1 N–H and O–H groups in total. The van der Waals surface area contributed by atoms with Gasteiger partial charge in [0.05, 0.1) is 4.34 Å². The summed E-state index contributed by atoms with van der Waals surface area (Å²) >= 11 is 13.5. The molecule has 0 radical (unpaired) electrons. The van der Waals surface area contributed by atoms with Crippen molar-refractivity contribution in [2.75, 3.05) is 5.32 Å². The van der Waals surface area contributed by atoms with E-state index in [0.717, 1.165) is 27.2 Å². The standard InChI is InChI=1S/C12H11Cl2NS/c1-8-2-3-9(6-11(8)13)15-7-10-4-5-12(14)16-10/h2-6,15H,7H2,1H3. The number of halogens is 2. The molecule has 0 bridgehead atoms. The number of benzene rings is 1. The third-order valence-corrected chi connectivity index (χ3v) is 3.91. The average Bonchev–Trinajstić information content (AvgIpc) is 2.66. The highest BCUT2D eigenvalue weighted by molar-refractivity contribution is 7.16. The van der Waals surface area contributed by atoms with Gasteiger partial charge in [-0.1, -0.05) is 29.3 Å². The number of hydrogen-bond acceptors (Lipinski definition) is 2. The number of hydrogen-bond donors (Lipinski definition) is 1. The lowest BCUT2D eigenvalue weighted by molar-refractivity contribution is 1.19. The molecule has 0 spiro atoms. The first-order valence-corrected chi connectivity index (χ1v) is 6.46. The predicted octanol–water partition coefficient (Wildman–Crippen LogP) is 4.98. The van der Waals surface area contributed by atoms with E-state index in [-0.39, 0.29) is 0 Å². The fraction of sp³-hybridized carbons (Fsp3) is 0.167. The summed E-state index contributed by atoms with van der Waals surface area (Å²) in [7, 11) is 0. The molecule has 1 nitrogen and oxygen atoms in total. The smallest absolute Gasteiger partial charge is 0.0931 e. The Balaban J connectivity index is 2.02. The molecule has 16 heavy (non-hydrogen) atoms. The van der Waals surface area contributed by atoms with Crippen molar-refractivity contribution in [2.45, 2.75) is 13.5 Å². The van der Waals surface area contributed by atoms with Gasteiger partial charge < -0.3 is 5.32 Å². The zero-order valence-electron chi connectivity index (χ0n) is 8.76. The number of rotatable bonds is 3. The Morgan fingerprint density at radius 3 is 2.62 bits per heavy atom. The number of thiophene rings is 1. The Morgan fingerprint density at radius 1 is 1.19 bits per heavy atom. The van der Waals surface area contributed by atoms with E-state index in [1.165, 1.54) is 4.88 Å². The first-order valence-electron chi connectivity index (χ1n) is 4.89. The van der Waals surface area contributed by atoms with E-state index in [2.05, 4.69) is 5.32 Å². The molecule has 0 amide bonds. The van der Waals surface area contributed by atoms with Crippen LogP contribution in [0.4, 0.5) is 5.69 Å². The maximum absolute atomic E-state index is 6.04. The SMILES string of the molecule is Cc1ccc(NCc2ccc(Cl)s2)cc1Cl. The van der Waals surface area contributed by atoms with Gasteiger partial charge in [-0.05, 0) is 36.8 Å². The molecule has 0 saturated carbocycles. The Hall–Kier alpha value is -0.700. The van der Waals surface area contributed by atoms with Gasteiger partial charge in [0.25, 0.3) is 0 Å². The highest BCUT2D eigenvalue weighted by atomic mass is 35.5. The third-order valence-electron chi connectivity index (χ3n) is 2.27. The summed E-state index contributed by atoms with van der Waals surface area (Å²) < 4.78 is 0.818. The molecular formula is C12H11Cl2NS. The summed E-state index contributed by atoms with van der Waals surface area (Å²) in [4.78, 5) is 1.21. The molecule has 84 valence electrons. The van der Waals surface area contributed by atoms with Gasteiger partial charge in [0.15, 0.2) is 0 Å². The van der Waals surface area contributed by atoms with Crippen molar-refractivity contribution >= 4 is 40.2 Å². The van der Waals surface area contributed by atoms with Crippen molar-refractivity contribution in [1.29, 1.82) is 0 Å². The lowest BCUT2D eigenvalue weighted by Crippen LogP contribution is -1.97. The highest BCUT2D eigenvalue weighted by Crippen LogP contribution is 2.24. The quantitative estimate of drug-likeness (QED) is 0.831. The monoisotopic (exact) mass is 271 g/mol. The van der Waals surface area contributed by atoms with Crippen molar-refractivity contribution in [3.05, 3.63) is 50.1 Å². The Morgan fingerprint density at radius 2 is 2.00 bits per heavy atom. The molecule has 0 aliphatic carbocycles. The summed E-state index contributed by atoms with van der Waals surface area (Å²) in [6.45, 7) is 2.77. The Bertz CT molecular complexity index is 494. The van der Waals surface area contributed by atoms with E-state index in [0.29, 0.717) is 0 Å². The van der Waals surface area contributed by atoms with E-state index in [1.807, 2.05) is 37.3 Å². The van der Waals surface area contributed by atoms with Crippen LogP contribution in [0, 0.1) is 6.92 Å². The zero-order valence-corrected chi connectivity index (χ0v) is 11.1. The van der Waals surface area contributed by atoms with Crippen LogP contribution in [0.25, 0.3) is 0 Å². The van der Waals surface area contributed by atoms with Crippen LogP contribution in [0.1, 0.15) is 10.4 Å². The fourth-order valence-electron chi connectivity index (χ4n) is 1.34. The summed E-state index contributed by atoms with van der Waals surface area (Å²) in [6.07, 6.45) is 0. The van der Waals surface area contributed by atoms with E-state index in [4.69, 9.17) is 23.2 Å². The molecule has 0 aliphatic heterocycles. The zero-order chi connectivity index (χ0) is 11.5. The van der Waals surface area contributed by atoms with Gasteiger partial charge in [0.2, 0.25) is 0 Å². The van der Waals surface area contributed by atoms with Gasteiger partial charge in [-0.25, -0.2) is 0 Å². The maximum Gasteiger partial charge on any atom is 0.0931 e. The third kappa shape index (κ3) is 2.91. The second-order valence-corrected chi connectivity index (χ2v) is 5.73. The molecule has 0 unspecified atom stereocenters. The Labute approximate surface area is 109 Å². The van der Waals surface area contributed by atoms with Crippen molar-refractivity contribution in [1.82, 2.24) is 0 Å². The molecule has 0 fully saturated rings. The van der Waals surface area contributed by atoms with E-state index in [1.54, 1.807) is 11.3 Å². The number of anilines is 1. The topological polar surface area (TPSA) is 12.0 Å². The lowest BCUT2D eigenvalue weighted by atomic mass is 10.2. The van der Waals surface area contributed by atoms with E-state index in [9.17, 15) is 0 Å². The van der Waals surface area contributed by atoms with Gasteiger partial charge >= 0.3 is 0 Å².